The second-order valence-electron chi connectivity index (χ2n) is 3.46. The largest absolute Gasteiger partial charge is 0.257 e. The second-order valence-corrected chi connectivity index (χ2v) is 3.46. The first-order chi connectivity index (χ1) is 6.27. The highest BCUT2D eigenvalue weighted by Gasteiger charge is 2.08. The predicted molar refractivity (Wildman–Crippen MR) is 56.9 cm³/mol. The SMILES string of the molecule is CC1=NC(c2ccccc2C)=CC1. The Morgan fingerprint density at radius 2 is 1.92 bits per heavy atom. The molecule has 0 saturated heterocycles. The summed E-state index contributed by atoms with van der Waals surface area (Å²) in [5.41, 5.74) is 4.90. The molecule has 0 spiro atoms. The molecule has 0 aromatic heterocycles. The van der Waals surface area contributed by atoms with Crippen LogP contribution in [0.2, 0.25) is 0 Å². The summed E-state index contributed by atoms with van der Waals surface area (Å²) in [6, 6.07) is 8.37. The average Bonchev–Trinajstić information content (AvgIpc) is 2.53. The third kappa shape index (κ3) is 1.55. The van der Waals surface area contributed by atoms with Gasteiger partial charge in [0.25, 0.3) is 0 Å². The molecule has 1 aromatic rings. The van der Waals surface area contributed by atoms with Crippen molar-refractivity contribution >= 4 is 11.4 Å². The van der Waals surface area contributed by atoms with Crippen molar-refractivity contribution in [2.24, 2.45) is 4.99 Å². The van der Waals surface area contributed by atoms with E-state index in [0.29, 0.717) is 0 Å². The van der Waals surface area contributed by atoms with Gasteiger partial charge in [-0.15, -0.1) is 0 Å². The van der Waals surface area contributed by atoms with Crippen molar-refractivity contribution in [3.63, 3.8) is 0 Å². The van der Waals surface area contributed by atoms with E-state index in [1.807, 2.05) is 0 Å². The molecule has 1 aliphatic heterocycles. The maximum absolute atomic E-state index is 4.50. The smallest absolute Gasteiger partial charge is 0.0667 e. The van der Waals surface area contributed by atoms with Crippen LogP contribution in [0.15, 0.2) is 35.3 Å². The Morgan fingerprint density at radius 3 is 2.54 bits per heavy atom. The van der Waals surface area contributed by atoms with Crippen molar-refractivity contribution < 1.29 is 0 Å². The van der Waals surface area contributed by atoms with Gasteiger partial charge in [-0.2, -0.15) is 0 Å². The number of hydrogen-bond donors (Lipinski definition) is 0. The lowest BCUT2D eigenvalue weighted by Gasteiger charge is -2.02. The van der Waals surface area contributed by atoms with Crippen LogP contribution >= 0.6 is 0 Å². The molecule has 2 rings (SSSR count). The van der Waals surface area contributed by atoms with Crippen LogP contribution in [0.1, 0.15) is 24.5 Å². The van der Waals surface area contributed by atoms with Crippen LogP contribution in [0.5, 0.6) is 0 Å². The van der Waals surface area contributed by atoms with E-state index >= 15 is 0 Å². The van der Waals surface area contributed by atoms with Crippen LogP contribution in [0, 0.1) is 6.92 Å². The molecule has 0 N–H and O–H groups in total. The molecule has 1 nitrogen and oxygen atoms in total. The molecule has 1 heteroatoms. The van der Waals surface area contributed by atoms with Crippen molar-refractivity contribution in [2.75, 3.05) is 0 Å². The first-order valence-electron chi connectivity index (χ1n) is 4.58. The van der Waals surface area contributed by atoms with Gasteiger partial charge in [-0.3, -0.25) is 4.99 Å². The van der Waals surface area contributed by atoms with Gasteiger partial charge in [-0.1, -0.05) is 30.3 Å². The van der Waals surface area contributed by atoms with Gasteiger partial charge in [0.2, 0.25) is 0 Å². The summed E-state index contributed by atoms with van der Waals surface area (Å²) >= 11 is 0. The highest BCUT2D eigenvalue weighted by molar-refractivity contribution is 5.94. The zero-order chi connectivity index (χ0) is 9.26. The lowest BCUT2D eigenvalue weighted by atomic mass is 10.1. The molecule has 0 radical (unpaired) electrons. The number of aliphatic imine (C=N–C) groups is 1. The normalized spacial score (nSPS) is 15.5. The van der Waals surface area contributed by atoms with Crippen LogP contribution in [-0.4, -0.2) is 5.71 Å². The predicted octanol–water partition coefficient (Wildman–Crippen LogP) is 3.20. The lowest BCUT2D eigenvalue weighted by Crippen LogP contribution is -1.84. The van der Waals surface area contributed by atoms with E-state index in [1.54, 1.807) is 0 Å². The molecule has 1 heterocycles. The van der Waals surface area contributed by atoms with E-state index in [-0.39, 0.29) is 0 Å². The summed E-state index contributed by atoms with van der Waals surface area (Å²) in [5.74, 6) is 0. The quantitative estimate of drug-likeness (QED) is 0.615. The minimum atomic E-state index is 1.00. The Hall–Kier alpha value is -1.37. The monoisotopic (exact) mass is 171 g/mol. The summed E-state index contributed by atoms with van der Waals surface area (Å²) in [4.78, 5) is 4.50. The van der Waals surface area contributed by atoms with Gasteiger partial charge in [0.05, 0.1) is 5.70 Å². The van der Waals surface area contributed by atoms with Gasteiger partial charge in [-0.05, 0) is 19.4 Å². The van der Waals surface area contributed by atoms with Gasteiger partial charge < -0.3 is 0 Å². The zero-order valence-corrected chi connectivity index (χ0v) is 8.04. The average molecular weight is 171 g/mol. The molecule has 0 unspecified atom stereocenters. The van der Waals surface area contributed by atoms with E-state index in [9.17, 15) is 0 Å². The maximum atomic E-state index is 4.50. The Morgan fingerprint density at radius 1 is 1.15 bits per heavy atom. The molecule has 13 heavy (non-hydrogen) atoms. The Labute approximate surface area is 78.8 Å². The van der Waals surface area contributed by atoms with Crippen molar-refractivity contribution in [2.45, 2.75) is 20.3 Å². The molecular weight excluding hydrogens is 158 g/mol. The summed E-state index contributed by atoms with van der Waals surface area (Å²) in [6.07, 6.45) is 3.20. The minimum Gasteiger partial charge on any atom is -0.257 e. The van der Waals surface area contributed by atoms with E-state index in [1.165, 1.54) is 16.8 Å². The van der Waals surface area contributed by atoms with E-state index in [0.717, 1.165) is 12.1 Å². The molecular formula is C12H13N. The molecule has 0 aliphatic carbocycles. The Bertz CT molecular complexity index is 386. The van der Waals surface area contributed by atoms with E-state index in [2.05, 4.69) is 49.2 Å². The lowest BCUT2D eigenvalue weighted by molar-refractivity contribution is 1.40. The Kier molecular flexibility index (Phi) is 2.01. The van der Waals surface area contributed by atoms with E-state index < -0.39 is 0 Å². The molecule has 0 amide bonds. The number of allylic oxidation sites excluding steroid dienone is 1. The molecule has 0 saturated carbocycles. The minimum absolute atomic E-state index is 1.00. The Balaban J connectivity index is 2.42. The van der Waals surface area contributed by atoms with Gasteiger partial charge in [0.15, 0.2) is 0 Å². The van der Waals surface area contributed by atoms with Gasteiger partial charge in [0.1, 0.15) is 0 Å². The number of hydrogen-bond acceptors (Lipinski definition) is 1. The first kappa shape index (κ1) is 8.24. The van der Waals surface area contributed by atoms with Crippen LogP contribution < -0.4 is 0 Å². The summed E-state index contributed by atoms with van der Waals surface area (Å²) in [5, 5.41) is 0. The number of aryl methyl sites for hydroxylation is 1. The summed E-state index contributed by atoms with van der Waals surface area (Å²) in [7, 11) is 0. The van der Waals surface area contributed by atoms with Crippen molar-refractivity contribution in [3.05, 3.63) is 41.5 Å². The molecule has 1 aromatic carbocycles. The molecule has 0 fully saturated rings. The standard InChI is InChI=1S/C12H13N/c1-9-5-3-4-6-11(9)12-8-7-10(2)13-12/h3-6,8H,7H2,1-2H3. The highest BCUT2D eigenvalue weighted by Crippen LogP contribution is 2.24. The summed E-state index contributed by atoms with van der Waals surface area (Å²) in [6.45, 7) is 4.20. The molecule has 66 valence electrons. The fourth-order valence-electron chi connectivity index (χ4n) is 1.57. The number of nitrogens with zero attached hydrogens (tertiary/aromatic N) is 1. The first-order valence-corrected chi connectivity index (χ1v) is 4.58. The van der Waals surface area contributed by atoms with Crippen LogP contribution in [0.25, 0.3) is 5.70 Å². The summed E-state index contributed by atoms with van der Waals surface area (Å²) < 4.78 is 0. The van der Waals surface area contributed by atoms with Gasteiger partial charge in [-0.25, -0.2) is 0 Å². The highest BCUT2D eigenvalue weighted by atomic mass is 14.8. The van der Waals surface area contributed by atoms with Crippen molar-refractivity contribution in [1.29, 1.82) is 0 Å². The van der Waals surface area contributed by atoms with Gasteiger partial charge >= 0.3 is 0 Å². The van der Waals surface area contributed by atoms with E-state index in [4.69, 9.17) is 0 Å². The van der Waals surface area contributed by atoms with Gasteiger partial charge in [0, 0.05) is 17.7 Å². The fourth-order valence-corrected chi connectivity index (χ4v) is 1.57. The second kappa shape index (κ2) is 3.17. The van der Waals surface area contributed by atoms with Crippen LogP contribution in [0.3, 0.4) is 0 Å². The van der Waals surface area contributed by atoms with Crippen molar-refractivity contribution in [1.82, 2.24) is 0 Å². The molecule has 0 atom stereocenters. The fraction of sp³-hybridized carbons (Fsp3) is 0.250. The number of benzene rings is 1. The van der Waals surface area contributed by atoms with Crippen LogP contribution in [0.4, 0.5) is 0 Å². The molecule has 1 aliphatic rings. The third-order valence-corrected chi connectivity index (χ3v) is 2.32. The topological polar surface area (TPSA) is 12.4 Å². The maximum Gasteiger partial charge on any atom is 0.0667 e. The third-order valence-electron chi connectivity index (χ3n) is 2.32. The van der Waals surface area contributed by atoms with Crippen LogP contribution in [-0.2, 0) is 0 Å². The van der Waals surface area contributed by atoms with Crippen molar-refractivity contribution in [3.8, 4) is 0 Å². The number of rotatable bonds is 1. The molecule has 0 bridgehead atoms. The zero-order valence-electron chi connectivity index (χ0n) is 8.04.